The van der Waals surface area contributed by atoms with Crippen LogP contribution in [0.5, 0.6) is 0 Å². The van der Waals surface area contributed by atoms with E-state index in [9.17, 15) is 0 Å². The van der Waals surface area contributed by atoms with Gasteiger partial charge in [-0.2, -0.15) is 12.8 Å². The second kappa shape index (κ2) is 141. The van der Waals surface area contributed by atoms with E-state index in [-0.39, 0.29) is 109 Å². The molecule has 0 radical (unpaired) electrons. The topological polar surface area (TPSA) is 0 Å². The molecular weight excluding hydrogens is 516 g/mol. The normalized spacial score (nSPS) is 3.44. The maximum absolute atomic E-state index is 4.89. The van der Waals surface area contributed by atoms with Crippen LogP contribution in [0.4, 0.5) is 0 Å². The van der Waals surface area contributed by atoms with Gasteiger partial charge in [0.2, 0.25) is 0 Å². The molecule has 0 aliphatic heterocycles. The molecule has 0 aromatic heterocycles. The molecule has 0 aliphatic carbocycles. The number of halogens is 2. The predicted octanol–water partition coefficient (Wildman–Crippen LogP) is 4.81. The van der Waals surface area contributed by atoms with Gasteiger partial charge in [-0.15, -0.1) is 18.5 Å². The van der Waals surface area contributed by atoms with Gasteiger partial charge in [0.25, 0.3) is 0 Å². The number of hydrogen-bond donors (Lipinski definition) is 0. The molecule has 0 aliphatic rings. The van der Waals surface area contributed by atoms with E-state index >= 15 is 0 Å². The Morgan fingerprint density at radius 2 is 0.778 bits per heavy atom. The fourth-order valence-corrected chi connectivity index (χ4v) is 0. The summed E-state index contributed by atoms with van der Waals surface area (Å²) in [4.78, 5) is 0. The van der Waals surface area contributed by atoms with Crippen molar-refractivity contribution >= 4 is 37.1 Å². The first kappa shape index (κ1) is 65.0. The van der Waals surface area contributed by atoms with Gasteiger partial charge in [-0.25, -0.2) is 0 Å². The minimum absolute atomic E-state index is 0. The Morgan fingerprint density at radius 1 is 0.778 bits per heavy atom. The molecule has 0 aromatic rings. The van der Waals surface area contributed by atoms with Crippen molar-refractivity contribution in [3.05, 3.63) is 13.8 Å². The Hall–Kier alpha value is 5.73. The van der Waals surface area contributed by atoms with E-state index in [0.29, 0.717) is 0 Å². The number of hydrogen-bond acceptors (Lipinski definition) is 0. The van der Waals surface area contributed by atoms with E-state index in [4.69, 9.17) is 18.6 Å². The molecule has 0 heterocycles. The minimum Gasteiger partial charge on any atom is 0 e. The second-order valence-corrected chi connectivity index (χ2v) is 3.65. The van der Waals surface area contributed by atoms with Crippen LogP contribution in [0.25, 0.3) is 0 Å². The molecule has 18 heavy (non-hydrogen) atoms. The smallest absolute Gasteiger partial charge is 0 e. The van der Waals surface area contributed by atoms with Crippen molar-refractivity contribution in [3.8, 4) is 0 Å². The van der Waals surface area contributed by atoms with Crippen LogP contribution in [0, 0.1) is 13.8 Å². The average Bonchev–Trinajstić information content (AvgIpc) is 2.14. The summed E-state index contributed by atoms with van der Waals surface area (Å²) in [7, 11) is 14.6. The quantitative estimate of drug-likeness (QED) is 0.235. The van der Waals surface area contributed by atoms with Crippen LogP contribution in [0.3, 0.4) is 0 Å². The molecular formula is C8H24Cl2P2Ti6. The van der Waals surface area contributed by atoms with Gasteiger partial charge in [-0.1, -0.05) is 27.2 Å². The number of rotatable bonds is 0. The first-order valence-corrected chi connectivity index (χ1v) is 10.6. The molecule has 10 heteroatoms. The first-order valence-electron chi connectivity index (χ1n) is 3.95. The van der Waals surface area contributed by atoms with Gasteiger partial charge in [0.05, 0.1) is 0 Å². The van der Waals surface area contributed by atoms with E-state index in [0.717, 1.165) is 12.8 Å². The molecule has 0 spiro atoms. The van der Waals surface area contributed by atoms with Crippen molar-refractivity contribution < 1.29 is 126 Å². The van der Waals surface area contributed by atoms with Gasteiger partial charge in [0.1, 0.15) is 0 Å². The van der Waals surface area contributed by atoms with Crippen molar-refractivity contribution in [1.29, 1.82) is 0 Å². The molecule has 0 amide bonds. The van der Waals surface area contributed by atoms with Gasteiger partial charge in [-0.3, -0.25) is 0 Å². The fraction of sp³-hybridized carbons (Fsp3) is 0.750. The van der Waals surface area contributed by atoms with Gasteiger partial charge < -0.3 is 13.8 Å². The van der Waals surface area contributed by atoms with Crippen LogP contribution in [-0.4, -0.2) is 13.3 Å². The van der Waals surface area contributed by atoms with E-state index in [1.165, 1.54) is 0 Å². The zero-order valence-electron chi connectivity index (χ0n) is 11.7. The summed E-state index contributed by atoms with van der Waals surface area (Å²) in [6.45, 7) is 14.8. The van der Waals surface area contributed by atoms with Gasteiger partial charge in [-0.05, 0) is 0 Å². The second-order valence-electron chi connectivity index (χ2n) is 1.07. The molecule has 0 saturated heterocycles. The maximum Gasteiger partial charge on any atom is 2.00 e. The molecule has 0 fully saturated rings. The molecule has 0 aromatic carbocycles. The summed E-state index contributed by atoms with van der Waals surface area (Å²) in [6.07, 6.45) is 2.00. The van der Waals surface area contributed by atoms with E-state index in [1.54, 1.807) is 0 Å². The van der Waals surface area contributed by atoms with Crippen LogP contribution in [0.1, 0.15) is 26.7 Å². The van der Waals surface area contributed by atoms with Gasteiger partial charge in [0, 0.05) is 86.9 Å². The fourth-order valence-electron chi connectivity index (χ4n) is 0. The third kappa shape index (κ3) is 285. The Labute approximate surface area is 212 Å². The third-order valence-corrected chi connectivity index (χ3v) is 0. The zero-order valence-corrected chi connectivity index (χ0v) is 24.9. The first-order chi connectivity index (χ1) is 6.24. The summed E-state index contributed by atoms with van der Waals surface area (Å²) >= 11 is -0.556. The molecule has 104 valence electrons. The van der Waals surface area contributed by atoms with Gasteiger partial charge in [0.15, 0.2) is 0 Å². The Bertz CT molecular complexity index is 36.3. The Balaban J connectivity index is -0.00000000525. The van der Waals surface area contributed by atoms with Crippen molar-refractivity contribution in [3.63, 3.8) is 0 Å². The zero-order chi connectivity index (χ0) is 12.1. The molecule has 2 unspecified atom stereocenters. The van der Waals surface area contributed by atoms with Crippen molar-refractivity contribution in [2.45, 2.75) is 26.7 Å². The molecule has 0 N–H and O–H groups in total. The average molecular weight is 540 g/mol. The standard InChI is InChI=1S/2C3H7.2CH5P.2ClH.6Ti/c2*1-3-2;2*1-2;;;;;;;;/h2*1,3H2,2H3;2*2H2,1H3;2*1H;;;;;;/q2*-1;;;;;;;;;2*+2/p-2. The van der Waals surface area contributed by atoms with Crippen molar-refractivity contribution in [2.75, 3.05) is 13.3 Å². The summed E-state index contributed by atoms with van der Waals surface area (Å²) in [5.74, 6) is 0. The van der Waals surface area contributed by atoms with Crippen LogP contribution in [0.2, 0.25) is 0 Å². The van der Waals surface area contributed by atoms with Gasteiger partial charge >= 0.3 is 57.4 Å². The SMILES string of the molecule is CP.CP.[CH2-]CC.[CH2-]CC.[Cl][Ti][Cl].[Ti+2].[Ti].[Ti].[Ti].[Ti]. The largest absolute Gasteiger partial charge is 2.00 e. The Kier molecular flexibility index (Phi) is 509. The third-order valence-electron chi connectivity index (χ3n) is 0. The maximum atomic E-state index is 4.89. The monoisotopic (exact) mass is 540 g/mol. The van der Waals surface area contributed by atoms with Crippen molar-refractivity contribution in [2.24, 2.45) is 0 Å². The van der Waals surface area contributed by atoms with Crippen LogP contribution >= 0.6 is 37.1 Å². The molecule has 0 rings (SSSR count). The summed E-state index contributed by atoms with van der Waals surface area (Å²) in [5, 5.41) is 0. The summed E-state index contributed by atoms with van der Waals surface area (Å²) in [5.41, 5.74) is 0. The van der Waals surface area contributed by atoms with Crippen LogP contribution in [0.15, 0.2) is 0 Å². The molecule has 0 bridgehead atoms. The summed E-state index contributed by atoms with van der Waals surface area (Å²) < 4.78 is 0. The van der Waals surface area contributed by atoms with E-state index in [2.05, 4.69) is 32.3 Å². The van der Waals surface area contributed by atoms with Crippen LogP contribution < -0.4 is 0 Å². The minimum atomic E-state index is -0.556. The van der Waals surface area contributed by atoms with Crippen molar-refractivity contribution in [1.82, 2.24) is 0 Å². The molecule has 0 saturated carbocycles. The molecule has 0 nitrogen and oxygen atoms in total. The molecule has 2 atom stereocenters. The van der Waals surface area contributed by atoms with Crippen LogP contribution in [-0.2, 0) is 126 Å². The van der Waals surface area contributed by atoms with E-state index < -0.39 is 17.0 Å². The summed E-state index contributed by atoms with van der Waals surface area (Å²) in [6, 6.07) is 0. The van der Waals surface area contributed by atoms with E-state index in [1.807, 2.05) is 27.2 Å². The Morgan fingerprint density at radius 3 is 0.778 bits per heavy atom. The predicted molar refractivity (Wildman–Crippen MR) is 74.3 cm³/mol.